The normalized spacial score (nSPS) is 14.2. The molecule has 0 saturated heterocycles. The number of aromatic nitrogens is 5. The average molecular weight is 1070 g/mol. The van der Waals surface area contributed by atoms with E-state index in [0.29, 0.717) is 17.0 Å². The third-order valence-corrected chi connectivity index (χ3v) is 14.7. The predicted molar refractivity (Wildman–Crippen MR) is 276 cm³/mol. The van der Waals surface area contributed by atoms with Crippen LogP contribution < -0.4 is 0 Å². The molecule has 0 bridgehead atoms. The molecule has 0 atom stereocenters. The molecular formula is C61H53N5OPt. The molecule has 5 aromatic heterocycles. The third kappa shape index (κ3) is 7.14. The Hall–Kier alpha value is -6.62. The van der Waals surface area contributed by atoms with Crippen molar-refractivity contribution in [3.63, 3.8) is 0 Å². The number of fused-ring (bicyclic) bond motifs is 7. The second kappa shape index (κ2) is 16.9. The van der Waals surface area contributed by atoms with E-state index in [1.54, 1.807) is 0 Å². The molecule has 6 aromatic carbocycles. The van der Waals surface area contributed by atoms with Crippen molar-refractivity contribution in [1.29, 1.82) is 0 Å². The standard InChI is InChI=1S/C61H53N5O.Pt/c1-36(2)43-18-12-15-37(3)57(43)66-54-24-14-21-49(56(54)64-60(66)65-52-22-10-8-16-44(52)45-17-9-11-23-53(45)65)55-39(5)50(42-28-26-40(27-29-42)41-31-33-61(6,7)34-32-41)35-51(63-55)48-20-13-19-46-47-30-25-38(4)62-59(47)67-58(46)48;/h8-19,21-22,24-30,35-36,41H,31-34H2,1-7H3;/q-2;+2. The number of hydrogen-bond acceptors (Lipinski definition) is 4. The van der Waals surface area contributed by atoms with Crippen LogP contribution in [0.5, 0.6) is 0 Å². The Morgan fingerprint density at radius 3 is 2.25 bits per heavy atom. The summed E-state index contributed by atoms with van der Waals surface area (Å²) in [6, 6.07) is 55.1. The number of pyridine rings is 2. The number of benzene rings is 6. The van der Waals surface area contributed by atoms with Gasteiger partial charge in [-0.15, -0.1) is 23.6 Å². The maximum atomic E-state index is 6.63. The molecule has 0 amide bonds. The summed E-state index contributed by atoms with van der Waals surface area (Å²) in [5, 5.41) is 4.28. The second-order valence-corrected chi connectivity index (χ2v) is 20.0. The van der Waals surface area contributed by atoms with E-state index >= 15 is 0 Å². The Kier molecular flexibility index (Phi) is 10.9. The van der Waals surface area contributed by atoms with Crippen molar-refractivity contribution in [2.45, 2.75) is 86.0 Å². The van der Waals surface area contributed by atoms with Crippen molar-refractivity contribution in [3.8, 4) is 45.3 Å². The van der Waals surface area contributed by atoms with Gasteiger partial charge in [-0.3, -0.25) is 9.55 Å². The first-order valence-electron chi connectivity index (χ1n) is 23.9. The summed E-state index contributed by atoms with van der Waals surface area (Å²) in [6.45, 7) is 15.8. The number of aryl methyl sites for hydroxylation is 2. The summed E-state index contributed by atoms with van der Waals surface area (Å²) in [4.78, 5) is 16.2. The minimum Gasteiger partial charge on any atom is -0.486 e. The maximum absolute atomic E-state index is 6.63. The molecule has 0 N–H and O–H groups in total. The zero-order valence-electron chi connectivity index (χ0n) is 39.6. The Morgan fingerprint density at radius 1 is 0.676 bits per heavy atom. The van der Waals surface area contributed by atoms with Gasteiger partial charge in [0.15, 0.2) is 0 Å². The molecule has 0 radical (unpaired) electrons. The first-order valence-corrected chi connectivity index (χ1v) is 23.9. The molecule has 7 heteroatoms. The molecule has 0 spiro atoms. The van der Waals surface area contributed by atoms with Gasteiger partial charge in [0, 0.05) is 22.2 Å². The Balaban J connectivity index is 0.00000507. The van der Waals surface area contributed by atoms with Gasteiger partial charge in [0.05, 0.1) is 22.5 Å². The summed E-state index contributed by atoms with van der Waals surface area (Å²) in [6.07, 6.45) is 4.98. The van der Waals surface area contributed by atoms with Gasteiger partial charge in [0.1, 0.15) is 5.52 Å². The molecule has 0 unspecified atom stereocenters. The topological polar surface area (TPSA) is 61.7 Å². The van der Waals surface area contributed by atoms with Gasteiger partial charge in [0.25, 0.3) is 0 Å². The number of nitrogens with zero attached hydrogens (tertiary/aromatic N) is 5. The van der Waals surface area contributed by atoms with Crippen molar-refractivity contribution in [1.82, 2.24) is 24.1 Å². The largest absolute Gasteiger partial charge is 2.00 e. The summed E-state index contributed by atoms with van der Waals surface area (Å²) in [5.74, 6) is 1.66. The Labute approximate surface area is 412 Å². The van der Waals surface area contributed by atoms with E-state index in [0.717, 1.165) is 106 Å². The fourth-order valence-corrected chi connectivity index (χ4v) is 11.0. The number of imidazole rings is 1. The monoisotopic (exact) mass is 1070 g/mol. The van der Waals surface area contributed by atoms with Crippen LogP contribution in [0, 0.1) is 38.3 Å². The molecule has 338 valence electrons. The molecule has 6 nitrogen and oxygen atoms in total. The Morgan fingerprint density at radius 2 is 1.44 bits per heavy atom. The van der Waals surface area contributed by atoms with Crippen LogP contribution in [0.15, 0.2) is 138 Å². The molecule has 1 saturated carbocycles. The van der Waals surface area contributed by atoms with E-state index in [1.165, 1.54) is 42.4 Å². The van der Waals surface area contributed by atoms with Gasteiger partial charge in [-0.05, 0) is 132 Å². The fourth-order valence-electron chi connectivity index (χ4n) is 11.0. The van der Waals surface area contributed by atoms with Crippen molar-refractivity contribution in [3.05, 3.63) is 174 Å². The summed E-state index contributed by atoms with van der Waals surface area (Å²) in [7, 11) is 0. The molecule has 68 heavy (non-hydrogen) atoms. The van der Waals surface area contributed by atoms with Crippen LogP contribution in [0.2, 0.25) is 0 Å². The molecule has 1 fully saturated rings. The second-order valence-electron chi connectivity index (χ2n) is 20.0. The molecule has 12 rings (SSSR count). The van der Waals surface area contributed by atoms with Gasteiger partial charge in [-0.25, -0.2) is 9.97 Å². The number of para-hydroxylation sites is 4. The maximum Gasteiger partial charge on any atom is 2.00 e. The van der Waals surface area contributed by atoms with Gasteiger partial charge in [-0.1, -0.05) is 123 Å². The molecule has 1 aliphatic carbocycles. The molecule has 5 heterocycles. The van der Waals surface area contributed by atoms with Gasteiger partial charge in [0.2, 0.25) is 11.7 Å². The van der Waals surface area contributed by atoms with Gasteiger partial charge < -0.3 is 8.98 Å². The SMILES string of the molecule is Cc1ccc2c(n1)oc1c(-c3cc(-c4ccc(C5CCC(C)(C)CC5)cc4)c(C)c(-c4cccc5c4nc(-n4c6[c-]cccc6c6ccccc64)n5-c4c(C)cccc4C(C)C)n3)[c-]ccc12.[Pt+2]. The van der Waals surface area contributed by atoms with E-state index in [2.05, 4.69) is 178 Å². The van der Waals surface area contributed by atoms with Gasteiger partial charge >= 0.3 is 21.1 Å². The number of rotatable bonds is 7. The van der Waals surface area contributed by atoms with E-state index < -0.39 is 0 Å². The summed E-state index contributed by atoms with van der Waals surface area (Å²) in [5.41, 5.74) is 18.4. The van der Waals surface area contributed by atoms with Crippen LogP contribution >= 0.6 is 0 Å². The smallest absolute Gasteiger partial charge is 0.486 e. The third-order valence-electron chi connectivity index (χ3n) is 14.7. The van der Waals surface area contributed by atoms with E-state index in [1.807, 2.05) is 25.1 Å². The van der Waals surface area contributed by atoms with Gasteiger partial charge in [-0.2, -0.15) is 24.3 Å². The summed E-state index contributed by atoms with van der Waals surface area (Å²) < 4.78 is 11.3. The van der Waals surface area contributed by atoms with Crippen LogP contribution in [-0.2, 0) is 21.1 Å². The molecule has 1 aliphatic rings. The van der Waals surface area contributed by atoms with E-state index in [-0.39, 0.29) is 27.0 Å². The van der Waals surface area contributed by atoms with Crippen LogP contribution in [-0.4, -0.2) is 24.1 Å². The van der Waals surface area contributed by atoms with E-state index in [4.69, 9.17) is 19.4 Å². The first kappa shape index (κ1) is 43.9. The fraction of sp³-hybridized carbons (Fsp3) is 0.230. The Bertz CT molecular complexity index is 3690. The van der Waals surface area contributed by atoms with Crippen molar-refractivity contribution in [2.24, 2.45) is 5.41 Å². The quantitative estimate of drug-likeness (QED) is 0.149. The summed E-state index contributed by atoms with van der Waals surface area (Å²) >= 11 is 0. The molecule has 0 aliphatic heterocycles. The van der Waals surface area contributed by atoms with Crippen LogP contribution in [0.25, 0.3) is 100 Å². The predicted octanol–water partition coefficient (Wildman–Crippen LogP) is 16.1. The average Bonchev–Trinajstić information content (AvgIpc) is 4.01. The van der Waals surface area contributed by atoms with E-state index in [9.17, 15) is 0 Å². The van der Waals surface area contributed by atoms with Crippen molar-refractivity contribution in [2.75, 3.05) is 0 Å². The number of hydrogen-bond donors (Lipinski definition) is 0. The zero-order valence-corrected chi connectivity index (χ0v) is 41.9. The number of furan rings is 1. The van der Waals surface area contributed by atoms with Crippen LogP contribution in [0.1, 0.15) is 93.2 Å². The minimum absolute atomic E-state index is 0. The minimum atomic E-state index is 0. The van der Waals surface area contributed by atoms with Crippen LogP contribution in [0.3, 0.4) is 0 Å². The van der Waals surface area contributed by atoms with Crippen LogP contribution in [0.4, 0.5) is 0 Å². The first-order chi connectivity index (χ1) is 32.5. The van der Waals surface area contributed by atoms with Crippen molar-refractivity contribution >= 4 is 54.9 Å². The molecular weight excluding hydrogens is 1010 g/mol. The molecule has 11 aromatic rings. The van der Waals surface area contributed by atoms with Crippen molar-refractivity contribution < 1.29 is 25.5 Å². The zero-order chi connectivity index (χ0) is 45.7.